The van der Waals surface area contributed by atoms with Gasteiger partial charge in [0.15, 0.2) is 0 Å². The van der Waals surface area contributed by atoms with E-state index in [4.69, 9.17) is 4.74 Å². The molecule has 0 bridgehead atoms. The van der Waals surface area contributed by atoms with Gasteiger partial charge in [0.25, 0.3) is 0 Å². The number of nitrogens with zero attached hydrogens (tertiary/aromatic N) is 2. The predicted molar refractivity (Wildman–Crippen MR) is 130 cm³/mol. The Bertz CT molecular complexity index is 878. The SMILES string of the molecule is CCSCCCN1CC[C@@H](CC[C@@H](O)c2ccnc3ccc(OC)cc23)[C@@H](CC(=O)O)C1. The molecule has 1 aliphatic rings. The van der Waals surface area contributed by atoms with Gasteiger partial charge in [-0.3, -0.25) is 9.78 Å². The van der Waals surface area contributed by atoms with E-state index in [1.165, 1.54) is 0 Å². The van der Waals surface area contributed by atoms with E-state index in [2.05, 4.69) is 16.8 Å². The summed E-state index contributed by atoms with van der Waals surface area (Å²) in [4.78, 5) is 18.3. The van der Waals surface area contributed by atoms with Gasteiger partial charge in [-0.15, -0.1) is 0 Å². The van der Waals surface area contributed by atoms with Crippen LogP contribution in [0, 0.1) is 11.8 Å². The first-order valence-corrected chi connectivity index (χ1v) is 12.8. The number of carboxylic acids is 1. The number of hydrogen-bond donors (Lipinski definition) is 2. The third-order valence-corrected chi connectivity index (χ3v) is 7.52. The lowest BCUT2D eigenvalue weighted by molar-refractivity contribution is -0.139. The second-order valence-corrected chi connectivity index (χ2v) is 10.0. The molecule has 2 heterocycles. The van der Waals surface area contributed by atoms with Crippen LogP contribution < -0.4 is 4.74 Å². The van der Waals surface area contributed by atoms with Gasteiger partial charge in [0.1, 0.15) is 5.75 Å². The lowest BCUT2D eigenvalue weighted by atomic mass is 9.79. The maximum absolute atomic E-state index is 11.5. The van der Waals surface area contributed by atoms with Crippen molar-refractivity contribution in [2.24, 2.45) is 11.8 Å². The van der Waals surface area contributed by atoms with Crippen molar-refractivity contribution in [3.8, 4) is 5.75 Å². The number of pyridine rings is 1. The maximum Gasteiger partial charge on any atom is 0.303 e. The van der Waals surface area contributed by atoms with E-state index < -0.39 is 12.1 Å². The van der Waals surface area contributed by atoms with Crippen LogP contribution in [0.5, 0.6) is 5.75 Å². The minimum atomic E-state index is -0.726. The highest BCUT2D eigenvalue weighted by atomic mass is 32.2. The van der Waals surface area contributed by atoms with Crippen molar-refractivity contribution in [2.75, 3.05) is 38.2 Å². The number of fused-ring (bicyclic) bond motifs is 1. The third kappa shape index (κ3) is 6.83. The Morgan fingerprint density at radius 1 is 1.34 bits per heavy atom. The Morgan fingerprint density at radius 3 is 2.94 bits per heavy atom. The minimum Gasteiger partial charge on any atom is -0.497 e. The number of aliphatic hydroxyl groups is 1. The van der Waals surface area contributed by atoms with Crippen molar-refractivity contribution in [1.29, 1.82) is 0 Å². The first-order valence-electron chi connectivity index (χ1n) is 11.6. The fraction of sp³-hybridized carbons (Fsp3) is 0.600. The molecule has 3 atom stereocenters. The number of methoxy groups -OCH3 is 1. The summed E-state index contributed by atoms with van der Waals surface area (Å²) in [5, 5.41) is 21.4. The zero-order valence-electron chi connectivity index (χ0n) is 19.2. The van der Waals surface area contributed by atoms with E-state index in [1.54, 1.807) is 13.3 Å². The van der Waals surface area contributed by atoms with Gasteiger partial charge >= 0.3 is 5.97 Å². The second-order valence-electron chi connectivity index (χ2n) is 8.63. The second kappa shape index (κ2) is 12.4. The minimum absolute atomic E-state index is 0.140. The third-order valence-electron chi connectivity index (χ3n) is 6.53. The van der Waals surface area contributed by atoms with Gasteiger partial charge in [-0.05, 0) is 91.9 Å². The first kappa shape index (κ1) is 24.8. The van der Waals surface area contributed by atoms with Crippen molar-refractivity contribution in [1.82, 2.24) is 9.88 Å². The number of benzene rings is 1. The van der Waals surface area contributed by atoms with E-state index in [1.807, 2.05) is 36.0 Å². The normalized spacial score (nSPS) is 20.3. The van der Waals surface area contributed by atoms with E-state index in [0.29, 0.717) is 12.3 Å². The summed E-state index contributed by atoms with van der Waals surface area (Å²) in [5.41, 5.74) is 1.69. The lowest BCUT2D eigenvalue weighted by Gasteiger charge is -2.38. The monoisotopic (exact) mass is 460 g/mol. The van der Waals surface area contributed by atoms with Crippen LogP contribution in [0.2, 0.25) is 0 Å². The average molecular weight is 461 g/mol. The zero-order chi connectivity index (χ0) is 22.9. The van der Waals surface area contributed by atoms with Gasteiger partial charge in [0.05, 0.1) is 18.7 Å². The molecule has 1 aliphatic heterocycles. The summed E-state index contributed by atoms with van der Waals surface area (Å²) in [7, 11) is 1.63. The number of rotatable bonds is 12. The molecule has 0 aliphatic carbocycles. The molecule has 1 aromatic heterocycles. The standard InChI is InChI=1S/C25H36N2O4S/c1-3-32-14-4-12-27-13-10-18(19(17-27)15-25(29)30)5-8-24(28)21-9-11-26-23-7-6-20(31-2)16-22(21)23/h6-7,9,11,16,18-19,24,28H,3-5,8,10,12-15,17H2,1-2H3,(H,29,30)/t18-,19+,24-/m1/s1. The van der Waals surface area contributed by atoms with Gasteiger partial charge in [-0.25, -0.2) is 0 Å². The van der Waals surface area contributed by atoms with Crippen LogP contribution in [0.4, 0.5) is 0 Å². The molecule has 2 aromatic rings. The summed E-state index contributed by atoms with van der Waals surface area (Å²) in [5.74, 6) is 2.79. The summed E-state index contributed by atoms with van der Waals surface area (Å²) in [6.45, 7) is 5.09. The molecule has 0 radical (unpaired) electrons. The number of likely N-dealkylation sites (tertiary alicyclic amines) is 1. The molecule has 2 N–H and O–H groups in total. The summed E-state index contributed by atoms with van der Waals surface area (Å²) >= 11 is 1.96. The number of aromatic nitrogens is 1. The Balaban J connectivity index is 1.62. The molecule has 1 aromatic carbocycles. The van der Waals surface area contributed by atoms with Crippen molar-refractivity contribution in [3.05, 3.63) is 36.0 Å². The highest BCUT2D eigenvalue weighted by Crippen LogP contribution is 2.34. The Morgan fingerprint density at radius 2 is 2.19 bits per heavy atom. The van der Waals surface area contributed by atoms with Crippen molar-refractivity contribution in [3.63, 3.8) is 0 Å². The molecule has 6 nitrogen and oxygen atoms in total. The molecule has 7 heteroatoms. The highest BCUT2D eigenvalue weighted by Gasteiger charge is 2.31. The molecule has 0 unspecified atom stereocenters. The van der Waals surface area contributed by atoms with Crippen LogP contribution in [0.25, 0.3) is 10.9 Å². The molecular weight excluding hydrogens is 424 g/mol. The molecule has 0 spiro atoms. The van der Waals surface area contributed by atoms with E-state index in [0.717, 1.165) is 72.6 Å². The fourth-order valence-corrected chi connectivity index (χ4v) is 5.44. The van der Waals surface area contributed by atoms with E-state index >= 15 is 0 Å². The van der Waals surface area contributed by atoms with Crippen LogP contribution in [0.15, 0.2) is 30.5 Å². The summed E-state index contributed by atoms with van der Waals surface area (Å²) < 4.78 is 5.34. The average Bonchev–Trinajstić information content (AvgIpc) is 2.80. The van der Waals surface area contributed by atoms with E-state index in [9.17, 15) is 15.0 Å². The van der Waals surface area contributed by atoms with Crippen molar-refractivity contribution < 1.29 is 19.7 Å². The number of carboxylic acid groups (broad SMARTS) is 1. The maximum atomic E-state index is 11.5. The predicted octanol–water partition coefficient (Wildman–Crippen LogP) is 4.61. The lowest BCUT2D eigenvalue weighted by Crippen LogP contribution is -2.42. The van der Waals surface area contributed by atoms with Crippen LogP contribution in [0.3, 0.4) is 0 Å². The number of carbonyl (C=O) groups is 1. The molecular formula is C25H36N2O4S. The van der Waals surface area contributed by atoms with Crippen molar-refractivity contribution >= 4 is 28.6 Å². The van der Waals surface area contributed by atoms with Gasteiger partial charge in [0, 0.05) is 24.5 Å². The van der Waals surface area contributed by atoms with Crippen LogP contribution in [-0.4, -0.2) is 64.3 Å². The smallest absolute Gasteiger partial charge is 0.303 e. The molecule has 3 rings (SSSR count). The van der Waals surface area contributed by atoms with Gasteiger partial charge in [-0.1, -0.05) is 6.92 Å². The number of hydrogen-bond acceptors (Lipinski definition) is 6. The largest absolute Gasteiger partial charge is 0.497 e. The number of thioether (sulfide) groups is 1. The number of aliphatic hydroxyl groups excluding tert-OH is 1. The van der Waals surface area contributed by atoms with Gasteiger partial charge in [-0.2, -0.15) is 11.8 Å². The van der Waals surface area contributed by atoms with Gasteiger partial charge < -0.3 is 19.8 Å². The van der Waals surface area contributed by atoms with Crippen LogP contribution in [0.1, 0.15) is 50.7 Å². The Kier molecular flexibility index (Phi) is 9.63. The molecule has 32 heavy (non-hydrogen) atoms. The Hall–Kier alpha value is -1.83. The number of ether oxygens (including phenoxy) is 1. The number of piperidine rings is 1. The zero-order valence-corrected chi connectivity index (χ0v) is 20.0. The van der Waals surface area contributed by atoms with E-state index in [-0.39, 0.29) is 12.3 Å². The fourth-order valence-electron chi connectivity index (χ4n) is 4.82. The molecule has 1 saturated heterocycles. The van der Waals surface area contributed by atoms with Gasteiger partial charge in [0.2, 0.25) is 0 Å². The molecule has 0 saturated carbocycles. The van der Waals surface area contributed by atoms with Crippen LogP contribution >= 0.6 is 11.8 Å². The highest BCUT2D eigenvalue weighted by molar-refractivity contribution is 7.99. The number of aliphatic carboxylic acids is 1. The molecule has 1 fully saturated rings. The first-order chi connectivity index (χ1) is 15.5. The summed E-state index contributed by atoms with van der Waals surface area (Å²) in [6, 6.07) is 7.57. The summed E-state index contributed by atoms with van der Waals surface area (Å²) in [6.07, 6.45) is 4.92. The molecule has 0 amide bonds. The topological polar surface area (TPSA) is 82.9 Å². The van der Waals surface area contributed by atoms with Crippen LogP contribution in [-0.2, 0) is 4.79 Å². The quantitative estimate of drug-likeness (QED) is 0.448. The molecule has 176 valence electrons. The Labute approximate surface area is 195 Å². The van der Waals surface area contributed by atoms with Crippen molar-refractivity contribution in [2.45, 2.75) is 45.1 Å².